The molecule has 0 radical (unpaired) electrons. The molecule has 0 saturated carbocycles. The number of anilines is 2. The van der Waals surface area contributed by atoms with Crippen molar-refractivity contribution in [2.24, 2.45) is 10.2 Å². The van der Waals surface area contributed by atoms with E-state index >= 15 is 0 Å². The summed E-state index contributed by atoms with van der Waals surface area (Å²) in [6, 6.07) is 27.4. The van der Waals surface area contributed by atoms with Crippen LogP contribution in [0.5, 0.6) is 0 Å². The van der Waals surface area contributed by atoms with Crippen molar-refractivity contribution in [2.45, 2.75) is 9.79 Å². The number of halogens is 2. The Labute approximate surface area is 213 Å². The first kappa shape index (κ1) is 24.5. The minimum absolute atomic E-state index is 0.176. The van der Waals surface area contributed by atoms with Crippen molar-refractivity contribution in [1.82, 2.24) is 0 Å². The summed E-state index contributed by atoms with van der Waals surface area (Å²) in [4.78, 5) is 0.353. The Morgan fingerprint density at radius 2 is 0.943 bits per heavy atom. The number of nitrogens with zero attached hydrogens (tertiary/aromatic N) is 2. The number of sulfone groups is 1. The van der Waals surface area contributed by atoms with E-state index in [0.29, 0.717) is 21.4 Å². The molecule has 6 nitrogen and oxygen atoms in total. The predicted octanol–water partition coefficient (Wildman–Crippen LogP) is 6.72. The quantitative estimate of drug-likeness (QED) is 0.199. The van der Waals surface area contributed by atoms with Crippen molar-refractivity contribution < 1.29 is 8.42 Å². The second-order valence-corrected chi connectivity index (χ2v) is 10.1. The van der Waals surface area contributed by atoms with Crippen LogP contribution >= 0.6 is 23.2 Å². The van der Waals surface area contributed by atoms with Crippen molar-refractivity contribution in [3.8, 4) is 0 Å². The van der Waals surface area contributed by atoms with Crippen LogP contribution in [0.2, 0.25) is 10.0 Å². The molecule has 176 valence electrons. The molecule has 9 heteroatoms. The van der Waals surface area contributed by atoms with Crippen molar-refractivity contribution in [1.29, 1.82) is 0 Å². The van der Waals surface area contributed by atoms with Gasteiger partial charge >= 0.3 is 0 Å². The van der Waals surface area contributed by atoms with Gasteiger partial charge in [0.05, 0.1) is 33.6 Å². The second kappa shape index (κ2) is 11.2. The first-order valence-electron chi connectivity index (χ1n) is 10.5. The van der Waals surface area contributed by atoms with Crippen LogP contribution in [0.15, 0.2) is 117 Å². The third-order valence-electron chi connectivity index (χ3n) is 4.93. The zero-order valence-electron chi connectivity index (χ0n) is 18.3. The van der Waals surface area contributed by atoms with Gasteiger partial charge < -0.3 is 0 Å². The summed E-state index contributed by atoms with van der Waals surface area (Å²) in [5.74, 6) is 0. The lowest BCUT2D eigenvalue weighted by Crippen LogP contribution is -2.02. The van der Waals surface area contributed by atoms with E-state index in [-0.39, 0.29) is 9.79 Å². The van der Waals surface area contributed by atoms with Crippen LogP contribution in [0.3, 0.4) is 0 Å². The lowest BCUT2D eigenvalue weighted by molar-refractivity contribution is 0.596. The summed E-state index contributed by atoms with van der Waals surface area (Å²) in [5, 5.41) is 9.47. The number of hydrogen-bond donors (Lipinski definition) is 2. The highest BCUT2D eigenvalue weighted by molar-refractivity contribution is 7.91. The molecule has 0 heterocycles. The van der Waals surface area contributed by atoms with E-state index in [1.165, 1.54) is 24.3 Å². The van der Waals surface area contributed by atoms with Gasteiger partial charge in [0.25, 0.3) is 0 Å². The molecule has 0 unspecified atom stereocenters. The maximum absolute atomic E-state index is 13.0. The summed E-state index contributed by atoms with van der Waals surface area (Å²) in [7, 11) is -3.68. The van der Waals surface area contributed by atoms with E-state index < -0.39 is 9.84 Å². The largest absolute Gasteiger partial charge is 0.279 e. The SMILES string of the molecule is O=S(=O)(c1ccc(N/N=C/c2ccccc2Cl)cc1)c1ccc(N/N=C/c2ccccc2Cl)cc1. The zero-order chi connectivity index (χ0) is 24.7. The summed E-state index contributed by atoms with van der Waals surface area (Å²) in [6.45, 7) is 0. The van der Waals surface area contributed by atoms with Crippen LogP contribution in [-0.2, 0) is 9.84 Å². The molecule has 0 aliphatic rings. The molecule has 0 atom stereocenters. The Morgan fingerprint density at radius 3 is 1.31 bits per heavy atom. The topological polar surface area (TPSA) is 82.9 Å². The van der Waals surface area contributed by atoms with Gasteiger partial charge in [-0.25, -0.2) is 8.42 Å². The molecular weight excluding hydrogens is 503 g/mol. The van der Waals surface area contributed by atoms with Gasteiger partial charge in [-0.1, -0.05) is 59.6 Å². The molecule has 0 spiro atoms. The highest BCUT2D eigenvalue weighted by Gasteiger charge is 2.17. The normalized spacial score (nSPS) is 11.7. The fraction of sp³-hybridized carbons (Fsp3) is 0. The fourth-order valence-electron chi connectivity index (χ4n) is 3.07. The molecule has 2 N–H and O–H groups in total. The first-order valence-corrected chi connectivity index (χ1v) is 12.7. The smallest absolute Gasteiger partial charge is 0.206 e. The number of hydrogen-bond acceptors (Lipinski definition) is 6. The van der Waals surface area contributed by atoms with Crippen molar-refractivity contribution in [3.05, 3.63) is 118 Å². The highest BCUT2D eigenvalue weighted by atomic mass is 35.5. The molecule has 0 fully saturated rings. The van der Waals surface area contributed by atoms with Gasteiger partial charge in [0, 0.05) is 21.2 Å². The van der Waals surface area contributed by atoms with Gasteiger partial charge in [0.15, 0.2) is 0 Å². The number of nitrogens with one attached hydrogen (secondary N) is 2. The maximum Gasteiger partial charge on any atom is 0.206 e. The lowest BCUT2D eigenvalue weighted by Gasteiger charge is -2.07. The van der Waals surface area contributed by atoms with Gasteiger partial charge in [0.2, 0.25) is 9.84 Å². The van der Waals surface area contributed by atoms with Crippen LogP contribution in [0.25, 0.3) is 0 Å². The molecule has 4 aromatic rings. The Kier molecular flexibility index (Phi) is 7.82. The minimum Gasteiger partial charge on any atom is -0.279 e. The summed E-state index contributed by atoms with van der Waals surface area (Å²) in [5.41, 5.74) is 8.56. The highest BCUT2D eigenvalue weighted by Crippen LogP contribution is 2.24. The lowest BCUT2D eigenvalue weighted by atomic mass is 10.2. The average molecular weight is 523 g/mol. The Balaban J connectivity index is 1.39. The van der Waals surface area contributed by atoms with E-state index in [1.807, 2.05) is 36.4 Å². The van der Waals surface area contributed by atoms with Crippen molar-refractivity contribution >= 4 is 56.8 Å². The number of rotatable bonds is 8. The van der Waals surface area contributed by atoms with Gasteiger partial charge in [0.1, 0.15) is 0 Å². The Bertz CT molecular complexity index is 1360. The van der Waals surface area contributed by atoms with Crippen LogP contribution in [-0.4, -0.2) is 20.8 Å². The predicted molar refractivity (Wildman–Crippen MR) is 144 cm³/mol. The molecule has 0 amide bonds. The second-order valence-electron chi connectivity index (χ2n) is 7.34. The molecule has 0 saturated heterocycles. The Morgan fingerprint density at radius 1 is 0.571 bits per heavy atom. The molecule has 0 aliphatic heterocycles. The van der Waals surface area contributed by atoms with Crippen LogP contribution in [0, 0.1) is 0 Å². The maximum atomic E-state index is 13.0. The number of benzene rings is 4. The molecular formula is C26H20Cl2N4O2S. The standard InChI is InChI=1S/C26H20Cl2N4O2S/c27-25-7-3-1-5-19(25)17-29-31-21-9-13-23(14-10-21)35(33,34)24-15-11-22(12-16-24)32-30-18-20-6-2-4-8-26(20)28/h1-18,31-32H/b29-17+,30-18+. The zero-order valence-corrected chi connectivity index (χ0v) is 20.6. The third kappa shape index (κ3) is 6.27. The molecule has 4 aromatic carbocycles. The summed E-state index contributed by atoms with van der Waals surface area (Å²) in [6.07, 6.45) is 3.20. The monoisotopic (exact) mass is 522 g/mol. The van der Waals surface area contributed by atoms with Gasteiger partial charge in [-0.3, -0.25) is 10.9 Å². The summed E-state index contributed by atoms with van der Waals surface area (Å²) < 4.78 is 26.0. The minimum atomic E-state index is -3.68. The van der Waals surface area contributed by atoms with Crippen LogP contribution < -0.4 is 10.9 Å². The molecule has 35 heavy (non-hydrogen) atoms. The van der Waals surface area contributed by atoms with E-state index in [4.69, 9.17) is 23.2 Å². The van der Waals surface area contributed by atoms with Crippen LogP contribution in [0.1, 0.15) is 11.1 Å². The van der Waals surface area contributed by atoms with Crippen molar-refractivity contribution in [3.63, 3.8) is 0 Å². The van der Waals surface area contributed by atoms with Crippen LogP contribution in [0.4, 0.5) is 11.4 Å². The van der Waals surface area contributed by atoms with E-state index in [0.717, 1.165) is 11.1 Å². The average Bonchev–Trinajstić information content (AvgIpc) is 2.87. The molecule has 0 aromatic heterocycles. The summed E-state index contributed by atoms with van der Waals surface area (Å²) >= 11 is 12.2. The van der Waals surface area contributed by atoms with E-state index in [1.54, 1.807) is 48.8 Å². The van der Waals surface area contributed by atoms with Gasteiger partial charge in [-0.05, 0) is 60.7 Å². The van der Waals surface area contributed by atoms with Gasteiger partial charge in [-0.15, -0.1) is 0 Å². The molecule has 4 rings (SSSR count). The first-order chi connectivity index (χ1) is 16.9. The van der Waals surface area contributed by atoms with Gasteiger partial charge in [-0.2, -0.15) is 10.2 Å². The third-order valence-corrected chi connectivity index (χ3v) is 7.41. The van der Waals surface area contributed by atoms with Crippen molar-refractivity contribution in [2.75, 3.05) is 10.9 Å². The molecule has 0 aliphatic carbocycles. The van der Waals surface area contributed by atoms with E-state index in [2.05, 4.69) is 21.1 Å². The molecule has 0 bridgehead atoms. The Hall–Kier alpha value is -3.65. The number of hydrazone groups is 2. The fourth-order valence-corrected chi connectivity index (χ4v) is 4.70. The van der Waals surface area contributed by atoms with E-state index in [9.17, 15) is 8.42 Å².